The maximum absolute atomic E-state index is 2.29. The highest BCUT2D eigenvalue weighted by Gasteiger charge is 2.18. The molecular formula is C52H34. The fraction of sp³-hybridized carbons (Fsp3) is 0. The lowest BCUT2D eigenvalue weighted by Gasteiger charge is -2.18. The van der Waals surface area contributed by atoms with Gasteiger partial charge in [-0.05, 0) is 98.4 Å². The van der Waals surface area contributed by atoms with Gasteiger partial charge in [0.25, 0.3) is 0 Å². The van der Waals surface area contributed by atoms with Gasteiger partial charge in [0.05, 0.1) is 0 Å². The third kappa shape index (κ3) is 5.00. The lowest BCUT2D eigenvalue weighted by molar-refractivity contribution is 1.63. The Morgan fingerprint density at radius 1 is 0.250 bits per heavy atom. The molecule has 0 nitrogen and oxygen atoms in total. The Morgan fingerprint density at radius 2 is 0.692 bits per heavy atom. The van der Waals surface area contributed by atoms with Gasteiger partial charge in [-0.15, -0.1) is 0 Å². The van der Waals surface area contributed by atoms with Gasteiger partial charge in [0.15, 0.2) is 0 Å². The molecule has 242 valence electrons. The van der Waals surface area contributed by atoms with Gasteiger partial charge in [0.1, 0.15) is 0 Å². The van der Waals surface area contributed by atoms with Gasteiger partial charge >= 0.3 is 0 Å². The summed E-state index contributed by atoms with van der Waals surface area (Å²) in [5.41, 5.74) is 9.99. The first kappa shape index (κ1) is 30.1. The summed E-state index contributed by atoms with van der Waals surface area (Å²) in [7, 11) is 0. The first-order valence-corrected chi connectivity index (χ1v) is 18.0. The van der Waals surface area contributed by atoms with Gasteiger partial charge in [-0.25, -0.2) is 0 Å². The molecular weight excluding hydrogens is 625 g/mol. The molecule has 0 fully saturated rings. The van der Waals surface area contributed by atoms with Crippen LogP contribution in [0.3, 0.4) is 0 Å². The molecule has 52 heavy (non-hydrogen) atoms. The van der Waals surface area contributed by atoms with E-state index in [2.05, 4.69) is 206 Å². The smallest absolute Gasteiger partial charge is 0.00201 e. The Bertz CT molecular complexity index is 2930. The average molecular weight is 659 g/mol. The quantitative estimate of drug-likeness (QED) is 0.128. The molecule has 0 atom stereocenters. The van der Waals surface area contributed by atoms with E-state index in [1.165, 1.54) is 98.4 Å². The highest BCUT2D eigenvalue weighted by atomic mass is 14.2. The van der Waals surface area contributed by atoms with Crippen molar-refractivity contribution < 1.29 is 0 Å². The number of rotatable bonds is 5. The van der Waals surface area contributed by atoms with Crippen LogP contribution in [-0.2, 0) is 0 Å². The van der Waals surface area contributed by atoms with Crippen LogP contribution >= 0.6 is 0 Å². The zero-order valence-electron chi connectivity index (χ0n) is 28.6. The highest BCUT2D eigenvalue weighted by molar-refractivity contribution is 6.23. The lowest BCUT2D eigenvalue weighted by atomic mass is 9.84. The van der Waals surface area contributed by atoms with Crippen LogP contribution in [-0.4, -0.2) is 0 Å². The van der Waals surface area contributed by atoms with E-state index in [0.717, 1.165) is 0 Å². The van der Waals surface area contributed by atoms with E-state index >= 15 is 0 Å². The largest absolute Gasteiger partial charge is 0.0616 e. The monoisotopic (exact) mass is 658 g/mol. The molecule has 0 saturated carbocycles. The maximum atomic E-state index is 2.29. The summed E-state index contributed by atoms with van der Waals surface area (Å²) < 4.78 is 0. The molecule has 0 bridgehead atoms. The predicted octanol–water partition coefficient (Wildman–Crippen LogP) is 14.6. The minimum Gasteiger partial charge on any atom is -0.0616 e. The van der Waals surface area contributed by atoms with E-state index in [0.29, 0.717) is 0 Å². The second-order valence-electron chi connectivity index (χ2n) is 13.6. The summed E-state index contributed by atoms with van der Waals surface area (Å²) in [6.07, 6.45) is 4.50. The molecule has 0 spiro atoms. The van der Waals surface area contributed by atoms with Gasteiger partial charge in [-0.2, -0.15) is 0 Å². The van der Waals surface area contributed by atoms with Gasteiger partial charge in [-0.3, -0.25) is 0 Å². The minimum absolute atomic E-state index is 1.17. The van der Waals surface area contributed by atoms with Crippen LogP contribution in [0.25, 0.3) is 99.4 Å². The van der Waals surface area contributed by atoms with Gasteiger partial charge < -0.3 is 0 Å². The van der Waals surface area contributed by atoms with Crippen molar-refractivity contribution in [2.45, 2.75) is 0 Å². The van der Waals surface area contributed by atoms with Crippen LogP contribution in [0.4, 0.5) is 0 Å². The molecule has 0 aliphatic carbocycles. The van der Waals surface area contributed by atoms with E-state index in [9.17, 15) is 0 Å². The van der Waals surface area contributed by atoms with Crippen molar-refractivity contribution in [2.24, 2.45) is 0 Å². The van der Waals surface area contributed by atoms with E-state index < -0.39 is 0 Å². The molecule has 0 aliphatic rings. The third-order valence-electron chi connectivity index (χ3n) is 10.7. The fourth-order valence-corrected chi connectivity index (χ4v) is 8.28. The Kier molecular flexibility index (Phi) is 7.25. The van der Waals surface area contributed by atoms with Crippen molar-refractivity contribution in [1.29, 1.82) is 0 Å². The van der Waals surface area contributed by atoms with Crippen LogP contribution in [0.2, 0.25) is 0 Å². The van der Waals surface area contributed by atoms with E-state index in [1.807, 2.05) is 0 Å². The second kappa shape index (κ2) is 12.5. The standard InChI is InChI=1S/C52H34/c1-3-17-40-36(13-1)15-11-25-44(40)45-34-33-38(41-18-5-6-20-43(41)45)30-27-35-28-31-39(32-29-35)51-47-21-7-9-23-49(47)52(50-24-10-8-22-48(50)51)46-26-12-16-37-14-2-4-19-42(37)46/h1-34H/b30-27+. The van der Waals surface area contributed by atoms with Gasteiger partial charge in [0, 0.05) is 0 Å². The molecule has 10 rings (SSSR count). The first-order valence-electron chi connectivity index (χ1n) is 18.0. The van der Waals surface area contributed by atoms with E-state index in [1.54, 1.807) is 0 Å². The summed E-state index contributed by atoms with van der Waals surface area (Å²) in [6.45, 7) is 0. The number of benzene rings is 10. The first-order chi connectivity index (χ1) is 25.8. The average Bonchev–Trinajstić information content (AvgIpc) is 3.22. The molecule has 0 aliphatic heterocycles. The van der Waals surface area contributed by atoms with Crippen molar-refractivity contribution in [3.05, 3.63) is 205 Å². The van der Waals surface area contributed by atoms with Crippen LogP contribution in [0.1, 0.15) is 11.1 Å². The molecule has 0 saturated heterocycles. The SMILES string of the molecule is C(=C\c1ccc(-c2cccc3ccccc23)c2ccccc12)/c1ccc(-c2c3ccccc3c(-c3cccc4ccccc34)c3ccccc23)cc1. The van der Waals surface area contributed by atoms with Crippen molar-refractivity contribution in [2.75, 3.05) is 0 Å². The summed E-state index contributed by atoms with van der Waals surface area (Å²) in [6, 6.07) is 70.8. The van der Waals surface area contributed by atoms with E-state index in [4.69, 9.17) is 0 Å². The van der Waals surface area contributed by atoms with Crippen molar-refractivity contribution in [3.63, 3.8) is 0 Å². The molecule has 10 aromatic rings. The highest BCUT2D eigenvalue weighted by Crippen LogP contribution is 2.45. The second-order valence-corrected chi connectivity index (χ2v) is 13.6. The summed E-state index contributed by atoms with van der Waals surface area (Å²) in [5.74, 6) is 0. The van der Waals surface area contributed by atoms with Gasteiger partial charge in [-0.1, -0.05) is 206 Å². The Morgan fingerprint density at radius 3 is 1.31 bits per heavy atom. The topological polar surface area (TPSA) is 0 Å². The number of hydrogen-bond acceptors (Lipinski definition) is 0. The number of fused-ring (bicyclic) bond motifs is 5. The molecule has 0 heterocycles. The van der Waals surface area contributed by atoms with Crippen LogP contribution in [0, 0.1) is 0 Å². The summed E-state index contributed by atoms with van der Waals surface area (Å²) in [4.78, 5) is 0. The Labute approximate surface area is 303 Å². The Balaban J connectivity index is 1.06. The molecule has 0 unspecified atom stereocenters. The van der Waals surface area contributed by atoms with Crippen LogP contribution in [0.15, 0.2) is 194 Å². The van der Waals surface area contributed by atoms with Crippen LogP contribution in [0.5, 0.6) is 0 Å². The summed E-state index contributed by atoms with van der Waals surface area (Å²) in [5, 5.41) is 12.7. The third-order valence-corrected chi connectivity index (χ3v) is 10.7. The molecule has 0 aromatic heterocycles. The zero-order chi connectivity index (χ0) is 34.4. The van der Waals surface area contributed by atoms with Crippen molar-refractivity contribution in [1.82, 2.24) is 0 Å². The zero-order valence-corrected chi connectivity index (χ0v) is 28.6. The van der Waals surface area contributed by atoms with Crippen molar-refractivity contribution in [3.8, 4) is 33.4 Å². The maximum Gasteiger partial charge on any atom is -0.00201 e. The Hall–Kier alpha value is -6.76. The van der Waals surface area contributed by atoms with Gasteiger partial charge in [0.2, 0.25) is 0 Å². The molecule has 0 N–H and O–H groups in total. The lowest BCUT2D eigenvalue weighted by Crippen LogP contribution is -1.91. The van der Waals surface area contributed by atoms with Crippen molar-refractivity contribution >= 4 is 66.0 Å². The van der Waals surface area contributed by atoms with Crippen LogP contribution < -0.4 is 0 Å². The predicted molar refractivity (Wildman–Crippen MR) is 226 cm³/mol. The minimum atomic E-state index is 1.17. The molecule has 0 radical (unpaired) electrons. The fourth-order valence-electron chi connectivity index (χ4n) is 8.28. The normalized spacial score (nSPS) is 11.8. The molecule has 0 amide bonds. The molecule has 10 aromatic carbocycles. The summed E-state index contributed by atoms with van der Waals surface area (Å²) >= 11 is 0. The number of hydrogen-bond donors (Lipinski definition) is 0. The van der Waals surface area contributed by atoms with E-state index in [-0.39, 0.29) is 0 Å². The molecule has 0 heteroatoms.